The average Bonchev–Trinajstić information content (AvgIpc) is 4.17. The van der Waals surface area contributed by atoms with Crippen molar-refractivity contribution in [2.45, 2.75) is 104 Å². The van der Waals surface area contributed by atoms with E-state index in [1.165, 1.54) is 62.4 Å². The zero-order valence-corrected chi connectivity index (χ0v) is 48.1. The molecule has 3 aromatic carbocycles. The number of hydrogen-bond donors (Lipinski definition) is 8. The van der Waals surface area contributed by atoms with Gasteiger partial charge in [-0.1, -0.05) is 30.1 Å². The van der Waals surface area contributed by atoms with Gasteiger partial charge in [-0.3, -0.25) is 36.7 Å². The van der Waals surface area contributed by atoms with Crippen LogP contribution in [0.3, 0.4) is 0 Å². The van der Waals surface area contributed by atoms with E-state index in [9.17, 15) is 59.7 Å². The Bertz CT molecular complexity index is 3070. The van der Waals surface area contributed by atoms with Crippen LogP contribution in [0, 0.1) is 6.92 Å². The molecule has 35 heteroatoms. The number of benzene rings is 3. The number of amides is 2. The van der Waals surface area contributed by atoms with Crippen LogP contribution in [0.2, 0.25) is 0 Å². The Morgan fingerprint density at radius 3 is 1.37 bits per heavy atom. The molecule has 0 aromatic heterocycles. The topological polar surface area (TPSA) is 417 Å². The van der Waals surface area contributed by atoms with Crippen LogP contribution in [-0.2, 0) is 85.7 Å². The fourth-order valence-electron chi connectivity index (χ4n) is 7.54. The lowest BCUT2D eigenvalue weighted by Gasteiger charge is -2.29. The van der Waals surface area contributed by atoms with Crippen molar-refractivity contribution < 1.29 is 106 Å². The van der Waals surface area contributed by atoms with Crippen molar-refractivity contribution in [2.75, 3.05) is 76.6 Å². The van der Waals surface area contributed by atoms with Crippen molar-refractivity contribution >= 4 is 76.5 Å². The lowest BCUT2D eigenvalue weighted by molar-refractivity contribution is -0.115. The minimum Gasteiger partial charge on any atom is -0.394 e. The first-order chi connectivity index (χ1) is 37.2. The summed E-state index contributed by atoms with van der Waals surface area (Å²) in [7, 11) is -29.4. The summed E-state index contributed by atoms with van der Waals surface area (Å²) >= 11 is 0. The summed E-state index contributed by atoms with van der Waals surface area (Å²) < 4.78 is 151. The molecule has 9 N–H and O–H groups in total. The number of aryl methyl sites for hydroxylation is 1. The molecule has 3 aromatic rings. The van der Waals surface area contributed by atoms with Gasteiger partial charge >= 0.3 is 23.2 Å². The number of carbonyl (C=O) groups excluding carboxylic acids is 2. The van der Waals surface area contributed by atoms with Gasteiger partial charge in [0.1, 0.15) is 24.4 Å². The largest absolute Gasteiger partial charge is 0.394 e. The predicted octanol–water partition coefficient (Wildman–Crippen LogP) is 3.48. The molecule has 29 nitrogen and oxygen atoms in total. The zero-order chi connectivity index (χ0) is 57.7. The van der Waals surface area contributed by atoms with Gasteiger partial charge in [0.15, 0.2) is 0 Å². The summed E-state index contributed by atoms with van der Waals surface area (Å²) in [5.41, 5.74) is 6.69. The summed E-state index contributed by atoms with van der Waals surface area (Å²) in [4.78, 5) is 57.7. The van der Waals surface area contributed by atoms with Gasteiger partial charge in [-0.25, -0.2) is 0 Å². The van der Waals surface area contributed by atoms with Gasteiger partial charge < -0.3 is 60.2 Å². The third-order valence-electron chi connectivity index (χ3n) is 11.4. The number of ether oxygens (including phenoxy) is 4. The molecule has 0 spiro atoms. The molecule has 10 atom stereocenters. The Labute approximate surface area is 457 Å². The number of aliphatic hydroxyl groups excluding tert-OH is 2. The fraction of sp³-hybridized carbons (Fsp3) is 0.545. The number of rotatable bonds is 29. The third-order valence-corrected chi connectivity index (χ3v) is 22.1. The highest BCUT2D eigenvalue weighted by atomic mass is 32.2. The molecule has 3 aliphatic rings. The molecular weight excluding hydrogens is 1170 g/mol. The van der Waals surface area contributed by atoms with Crippen molar-refractivity contribution in [3.05, 3.63) is 78.4 Å². The molecule has 3 aliphatic heterocycles. The molecule has 0 bridgehead atoms. The second-order valence-corrected chi connectivity index (χ2v) is 28.4. The number of nitrogens with one attached hydrogen (secondary N) is 2. The van der Waals surface area contributed by atoms with Gasteiger partial charge in [0.25, 0.3) is 30.1 Å². The lowest BCUT2D eigenvalue weighted by atomic mass is 10.2. The van der Waals surface area contributed by atoms with E-state index in [0.29, 0.717) is 18.5 Å². The van der Waals surface area contributed by atoms with Crippen LogP contribution < -0.4 is 16.4 Å². The van der Waals surface area contributed by atoms with Gasteiger partial charge in [0, 0.05) is 70.9 Å². The number of carbonyl (C=O) groups is 2. The first kappa shape index (κ1) is 64.7. The van der Waals surface area contributed by atoms with Gasteiger partial charge in [0.2, 0.25) is 11.8 Å². The van der Waals surface area contributed by atoms with Crippen molar-refractivity contribution in [1.29, 1.82) is 0 Å². The fourth-order valence-corrected chi connectivity index (χ4v) is 17.4. The highest BCUT2D eigenvalue weighted by molar-refractivity contribution is 7.93. The summed E-state index contributed by atoms with van der Waals surface area (Å²) in [6.07, 6.45) is -8.70. The van der Waals surface area contributed by atoms with E-state index in [1.807, 2.05) is 0 Å². The van der Waals surface area contributed by atoms with Crippen LogP contribution >= 0.6 is 23.2 Å². The molecule has 10 unspecified atom stereocenters. The number of hydrogen-bond acceptors (Lipinski definition) is 21. The van der Waals surface area contributed by atoms with Crippen molar-refractivity contribution in [2.24, 2.45) is 18.2 Å². The van der Waals surface area contributed by atoms with E-state index in [0.717, 1.165) is 24.3 Å². The Morgan fingerprint density at radius 2 is 0.987 bits per heavy atom. The molecule has 79 heavy (non-hydrogen) atoms. The minimum atomic E-state index is -5.09. The number of aliphatic hydroxyl groups is 2. The molecule has 0 radical (unpaired) electrons. The Hall–Kier alpha value is -3.50. The smallest absolute Gasteiger partial charge is 0.369 e. The monoisotopic (exact) mass is 1230 g/mol. The predicted molar refractivity (Wildman–Crippen MR) is 282 cm³/mol. The van der Waals surface area contributed by atoms with E-state index in [-0.39, 0.29) is 68.6 Å². The molecular formula is C44H65N6O23P3S3. The third kappa shape index (κ3) is 19.6. The van der Waals surface area contributed by atoms with Crippen LogP contribution in [-0.4, -0.2) is 171 Å². The molecule has 3 fully saturated rings. The Kier molecular flexibility index (Phi) is 23.5. The second-order valence-electron chi connectivity index (χ2n) is 17.8. The van der Waals surface area contributed by atoms with Crippen LogP contribution in [0.5, 0.6) is 0 Å². The van der Waals surface area contributed by atoms with E-state index < -0.39 is 144 Å². The molecule has 0 saturated carbocycles. The first-order valence-electron chi connectivity index (χ1n) is 24.3. The summed E-state index contributed by atoms with van der Waals surface area (Å²) in [5, 5.41) is 25.5. The lowest BCUT2D eigenvalue weighted by Crippen LogP contribution is -2.31. The SMILES string of the molecule is CC(=O)Nc1ccc(S(=O)(=O)N=P(O)(OCC2OCCC2OP(O)(=NS(=O)(=O)c2ccc(C)cc2)OCC2OCCC2OP(O)(=NS(=O)(=O)c2ccc(NC(C)=O)cc2)OCC(O)COCCCN)OC2CCOC2CO)cc1. The van der Waals surface area contributed by atoms with Gasteiger partial charge in [0.05, 0.1) is 66.0 Å². The van der Waals surface area contributed by atoms with Crippen LogP contribution in [0.1, 0.15) is 45.1 Å². The van der Waals surface area contributed by atoms with Crippen molar-refractivity contribution in [1.82, 2.24) is 0 Å². The molecule has 3 heterocycles. The molecule has 442 valence electrons. The maximum absolute atomic E-state index is 13.9. The van der Waals surface area contributed by atoms with E-state index in [4.69, 9.17) is 51.8 Å². The summed E-state index contributed by atoms with van der Waals surface area (Å²) in [6.45, 7) is 1.22. The number of anilines is 2. The number of sulfonamides is 3. The van der Waals surface area contributed by atoms with Gasteiger partial charge in [-0.2, -0.15) is 25.3 Å². The highest BCUT2D eigenvalue weighted by Gasteiger charge is 2.43. The standard InChI is InChI=1S/C44H65N6O23P3S3/c1-30-5-11-36(12-6-30)77(58,59)50-76(57,73-41-19-24-67-44(41)28-69-75(56,71-39-17-22-65-42(39)25-51)49-79(62,63)38-15-9-34(10-16-38)47-32(3)53)70-29-43-40(18-23-66-43)72-74(55,68-27-35(54)26-64-21-4-20-45)48-78(60,61)37-13-7-33(8-14-37)46-31(2)52/h5-16,35,39-44,51,54-57H,4,17-29,45H2,1-3H3,(H,46,52)(H,47,53). The average molecular weight is 1240 g/mol. The van der Waals surface area contributed by atoms with Crippen molar-refractivity contribution in [3.63, 3.8) is 0 Å². The van der Waals surface area contributed by atoms with Crippen LogP contribution in [0.15, 0.2) is 99.9 Å². The van der Waals surface area contributed by atoms with E-state index in [2.05, 4.69) is 23.1 Å². The minimum absolute atomic E-state index is 0.0621. The highest BCUT2D eigenvalue weighted by Crippen LogP contribution is 2.56. The van der Waals surface area contributed by atoms with E-state index in [1.54, 1.807) is 6.92 Å². The molecule has 3 saturated heterocycles. The van der Waals surface area contributed by atoms with Crippen LogP contribution in [0.4, 0.5) is 11.4 Å². The Balaban J connectivity index is 1.27. The van der Waals surface area contributed by atoms with Crippen LogP contribution in [0.25, 0.3) is 0 Å². The zero-order valence-electron chi connectivity index (χ0n) is 42.9. The van der Waals surface area contributed by atoms with Crippen molar-refractivity contribution in [3.8, 4) is 0 Å². The number of nitrogens with two attached hydrogens (primary N) is 1. The quantitative estimate of drug-likeness (QED) is 0.0364. The molecule has 6 rings (SSSR count). The number of nitrogens with zero attached hydrogens (tertiary/aromatic N) is 3. The normalized spacial score (nSPS) is 23.5. The molecule has 0 aliphatic carbocycles. The van der Waals surface area contributed by atoms with Gasteiger partial charge in [-0.05, 0) is 80.6 Å². The van der Waals surface area contributed by atoms with E-state index >= 15 is 0 Å². The van der Waals surface area contributed by atoms with Gasteiger partial charge in [-0.15, -0.1) is 0 Å². The summed E-state index contributed by atoms with van der Waals surface area (Å²) in [5.74, 6) is -0.852. The molecule has 2 amide bonds. The maximum atomic E-state index is 13.9. The summed E-state index contributed by atoms with van der Waals surface area (Å²) in [6, 6.07) is 14.9. The Morgan fingerprint density at radius 1 is 0.620 bits per heavy atom. The second kappa shape index (κ2) is 28.7. The maximum Gasteiger partial charge on any atom is 0.369 e. The first-order valence-corrected chi connectivity index (χ1v) is 33.2.